The molecule has 1 aromatic heterocycles. The van der Waals surface area contributed by atoms with Gasteiger partial charge in [-0.1, -0.05) is 35.5 Å². The molecule has 0 bridgehead atoms. The molecule has 4 rings (SSSR count). The number of guanidine groups is 1. The van der Waals surface area contributed by atoms with E-state index in [4.69, 9.17) is 9.26 Å². The zero-order valence-electron chi connectivity index (χ0n) is 14.6. The Morgan fingerprint density at radius 2 is 2.20 bits per heavy atom. The minimum absolute atomic E-state index is 0.325. The van der Waals surface area contributed by atoms with Crippen molar-refractivity contribution < 1.29 is 9.26 Å². The van der Waals surface area contributed by atoms with Gasteiger partial charge in [0.1, 0.15) is 5.69 Å². The Hall–Kier alpha value is -2.34. The van der Waals surface area contributed by atoms with E-state index in [0.717, 1.165) is 55.7 Å². The van der Waals surface area contributed by atoms with Crippen molar-refractivity contribution in [2.24, 2.45) is 10.4 Å². The number of nitrogens with zero attached hydrogens (tertiary/aromatic N) is 3. The van der Waals surface area contributed by atoms with Gasteiger partial charge in [0.05, 0.1) is 13.2 Å². The molecular weight excluding hydrogens is 316 g/mol. The number of rotatable bonds is 3. The summed E-state index contributed by atoms with van der Waals surface area (Å²) in [5.74, 6) is 1.71. The highest BCUT2D eigenvalue weighted by molar-refractivity contribution is 5.80. The largest absolute Gasteiger partial charge is 0.381 e. The minimum atomic E-state index is 0.325. The molecular formula is C19H24N4O2. The van der Waals surface area contributed by atoms with Crippen LogP contribution >= 0.6 is 0 Å². The molecule has 3 heterocycles. The second-order valence-electron chi connectivity index (χ2n) is 6.92. The highest BCUT2D eigenvalue weighted by Gasteiger charge is 2.42. The van der Waals surface area contributed by atoms with Gasteiger partial charge in [0, 0.05) is 43.8 Å². The number of ether oxygens (including phenoxy) is 1. The van der Waals surface area contributed by atoms with E-state index in [2.05, 4.69) is 20.4 Å². The van der Waals surface area contributed by atoms with Gasteiger partial charge in [-0.05, 0) is 12.8 Å². The predicted molar refractivity (Wildman–Crippen MR) is 96.2 cm³/mol. The van der Waals surface area contributed by atoms with E-state index in [9.17, 15) is 0 Å². The second-order valence-corrected chi connectivity index (χ2v) is 6.92. The molecule has 2 aliphatic heterocycles. The number of likely N-dealkylation sites (tertiary alicyclic amines) is 1. The van der Waals surface area contributed by atoms with Gasteiger partial charge in [-0.15, -0.1) is 0 Å². The van der Waals surface area contributed by atoms with Crippen LogP contribution in [0.5, 0.6) is 0 Å². The molecule has 2 fully saturated rings. The molecule has 0 aliphatic carbocycles. The summed E-state index contributed by atoms with van der Waals surface area (Å²) in [7, 11) is 1.83. The zero-order valence-corrected chi connectivity index (χ0v) is 14.6. The first-order valence-corrected chi connectivity index (χ1v) is 8.82. The molecule has 25 heavy (non-hydrogen) atoms. The van der Waals surface area contributed by atoms with Crippen LogP contribution in [0.15, 0.2) is 45.9 Å². The van der Waals surface area contributed by atoms with E-state index in [0.29, 0.717) is 12.0 Å². The molecule has 6 heteroatoms. The van der Waals surface area contributed by atoms with Crippen LogP contribution in [0.3, 0.4) is 0 Å². The summed E-state index contributed by atoms with van der Waals surface area (Å²) in [5, 5.41) is 7.58. The summed E-state index contributed by atoms with van der Waals surface area (Å²) in [6.45, 7) is 4.41. The molecule has 2 saturated heterocycles. The highest BCUT2D eigenvalue weighted by Crippen LogP contribution is 2.38. The smallest absolute Gasteiger partial charge is 0.193 e. The Morgan fingerprint density at radius 1 is 1.32 bits per heavy atom. The lowest BCUT2D eigenvalue weighted by molar-refractivity contribution is 0.156. The first-order chi connectivity index (χ1) is 12.3. The predicted octanol–water partition coefficient (Wildman–Crippen LogP) is 2.53. The normalized spacial score (nSPS) is 23.6. The average molecular weight is 340 g/mol. The molecule has 1 aromatic carbocycles. The van der Waals surface area contributed by atoms with E-state index in [1.165, 1.54) is 6.42 Å². The van der Waals surface area contributed by atoms with Gasteiger partial charge in [0.2, 0.25) is 0 Å². The highest BCUT2D eigenvalue weighted by atomic mass is 16.5. The molecule has 1 N–H and O–H groups in total. The number of hydrogen-bond donors (Lipinski definition) is 1. The maximum atomic E-state index is 5.61. The Balaban J connectivity index is 1.37. The van der Waals surface area contributed by atoms with Crippen LogP contribution in [0, 0.1) is 5.41 Å². The van der Waals surface area contributed by atoms with Crippen LogP contribution in [-0.2, 0) is 11.3 Å². The maximum absolute atomic E-state index is 5.61. The molecule has 1 spiro atoms. The van der Waals surface area contributed by atoms with Crippen molar-refractivity contribution >= 4 is 5.96 Å². The van der Waals surface area contributed by atoms with Crippen LogP contribution in [0.25, 0.3) is 11.3 Å². The molecule has 2 aliphatic rings. The van der Waals surface area contributed by atoms with Crippen LogP contribution < -0.4 is 5.32 Å². The summed E-state index contributed by atoms with van der Waals surface area (Å²) in [6, 6.07) is 12.0. The molecule has 132 valence electrons. The lowest BCUT2D eigenvalue weighted by Crippen LogP contribution is -2.41. The quantitative estimate of drug-likeness (QED) is 0.687. The maximum Gasteiger partial charge on any atom is 0.193 e. The van der Waals surface area contributed by atoms with Gasteiger partial charge in [-0.3, -0.25) is 4.99 Å². The third-order valence-corrected chi connectivity index (χ3v) is 5.18. The molecule has 1 atom stereocenters. The Kier molecular flexibility index (Phi) is 4.44. The third-order valence-electron chi connectivity index (χ3n) is 5.18. The number of benzene rings is 1. The van der Waals surface area contributed by atoms with Gasteiger partial charge in [0.25, 0.3) is 0 Å². The van der Waals surface area contributed by atoms with Gasteiger partial charge in [-0.2, -0.15) is 0 Å². The van der Waals surface area contributed by atoms with Crippen molar-refractivity contribution in [3.63, 3.8) is 0 Å². The van der Waals surface area contributed by atoms with Crippen LogP contribution in [-0.4, -0.2) is 49.4 Å². The molecule has 0 saturated carbocycles. The summed E-state index contributed by atoms with van der Waals surface area (Å²) in [4.78, 5) is 6.76. The molecule has 6 nitrogen and oxygen atoms in total. The summed E-state index contributed by atoms with van der Waals surface area (Å²) >= 11 is 0. The fourth-order valence-corrected chi connectivity index (χ4v) is 3.72. The molecule has 2 aromatic rings. The first kappa shape index (κ1) is 16.1. The summed E-state index contributed by atoms with van der Waals surface area (Å²) < 4.78 is 11.1. The fourth-order valence-electron chi connectivity index (χ4n) is 3.72. The van der Waals surface area contributed by atoms with E-state index >= 15 is 0 Å². The average Bonchev–Trinajstić information content (AvgIpc) is 3.39. The Labute approximate surface area is 147 Å². The van der Waals surface area contributed by atoms with E-state index in [1.54, 1.807) is 0 Å². The van der Waals surface area contributed by atoms with Crippen LogP contribution in [0.4, 0.5) is 0 Å². The molecule has 1 unspecified atom stereocenters. The van der Waals surface area contributed by atoms with Crippen molar-refractivity contribution in [3.05, 3.63) is 42.1 Å². The van der Waals surface area contributed by atoms with Crippen molar-refractivity contribution in [1.82, 2.24) is 15.4 Å². The number of nitrogens with one attached hydrogen (secondary N) is 1. The third kappa shape index (κ3) is 3.39. The monoisotopic (exact) mass is 340 g/mol. The van der Waals surface area contributed by atoms with Gasteiger partial charge in [-0.25, -0.2) is 0 Å². The Bertz CT molecular complexity index is 735. The molecule has 0 amide bonds. The lowest BCUT2D eigenvalue weighted by atomic mass is 9.87. The van der Waals surface area contributed by atoms with Crippen molar-refractivity contribution in [3.8, 4) is 11.3 Å². The fraction of sp³-hybridized carbons (Fsp3) is 0.474. The number of hydrogen-bond acceptors (Lipinski definition) is 4. The standard InChI is InChI=1S/C19H24N4O2/c1-20-18(23-9-7-19(13-23)8-10-24-14-19)21-12-16-11-17(25-22-16)15-5-3-2-4-6-15/h2-6,11H,7-10,12-14H2,1H3,(H,20,21). The summed E-state index contributed by atoms with van der Waals surface area (Å²) in [5.41, 5.74) is 2.23. The molecule has 0 radical (unpaired) electrons. The lowest BCUT2D eigenvalue weighted by Gasteiger charge is -2.24. The Morgan fingerprint density at radius 3 is 2.96 bits per heavy atom. The SMILES string of the molecule is CN=C(NCc1cc(-c2ccccc2)on1)N1CCC2(CCOC2)C1. The van der Waals surface area contributed by atoms with Gasteiger partial charge < -0.3 is 19.5 Å². The summed E-state index contributed by atoms with van der Waals surface area (Å²) in [6.07, 6.45) is 2.33. The van der Waals surface area contributed by atoms with Crippen LogP contribution in [0.2, 0.25) is 0 Å². The van der Waals surface area contributed by atoms with Gasteiger partial charge >= 0.3 is 0 Å². The number of aliphatic imine (C=N–C) groups is 1. The van der Waals surface area contributed by atoms with Crippen LogP contribution in [0.1, 0.15) is 18.5 Å². The van der Waals surface area contributed by atoms with Crippen molar-refractivity contribution in [1.29, 1.82) is 0 Å². The van der Waals surface area contributed by atoms with E-state index in [-0.39, 0.29) is 0 Å². The number of aromatic nitrogens is 1. The zero-order chi connectivity index (χ0) is 17.1. The van der Waals surface area contributed by atoms with E-state index in [1.807, 2.05) is 43.4 Å². The van der Waals surface area contributed by atoms with Gasteiger partial charge in [0.15, 0.2) is 11.7 Å². The first-order valence-electron chi connectivity index (χ1n) is 8.82. The minimum Gasteiger partial charge on any atom is -0.381 e. The second kappa shape index (κ2) is 6.88. The topological polar surface area (TPSA) is 62.9 Å². The van der Waals surface area contributed by atoms with Crippen molar-refractivity contribution in [2.75, 3.05) is 33.4 Å². The van der Waals surface area contributed by atoms with Crippen molar-refractivity contribution in [2.45, 2.75) is 19.4 Å². The van der Waals surface area contributed by atoms with E-state index < -0.39 is 0 Å².